The topological polar surface area (TPSA) is 47.1 Å². The Hall–Kier alpha value is -1.39. The number of nitrogens with two attached hydrogens (primary N) is 1. The lowest BCUT2D eigenvalue weighted by atomic mass is 10.2. The lowest BCUT2D eigenvalue weighted by Gasteiger charge is -2.27. The summed E-state index contributed by atoms with van der Waals surface area (Å²) in [6.07, 6.45) is 0.978. The van der Waals surface area contributed by atoms with E-state index in [2.05, 4.69) is 55.4 Å². The molecule has 0 aliphatic carbocycles. The molecule has 0 bridgehead atoms. The highest BCUT2D eigenvalue weighted by atomic mass is 15.2. The predicted molar refractivity (Wildman–Crippen MR) is 89.3 cm³/mol. The minimum Gasteiger partial charge on any atom is -0.326 e. The van der Waals surface area contributed by atoms with E-state index in [-0.39, 0.29) is 6.04 Å². The van der Waals surface area contributed by atoms with Crippen LogP contribution in [0.3, 0.4) is 0 Å². The van der Waals surface area contributed by atoms with Crippen LogP contribution in [-0.4, -0.2) is 33.6 Å². The van der Waals surface area contributed by atoms with Crippen LogP contribution < -0.4 is 5.73 Å². The molecular formula is C17H28N4. The summed E-state index contributed by atoms with van der Waals surface area (Å²) in [5, 5.41) is 0. The lowest BCUT2D eigenvalue weighted by Crippen LogP contribution is -2.31. The molecule has 0 saturated heterocycles. The van der Waals surface area contributed by atoms with Crippen molar-refractivity contribution in [2.24, 2.45) is 5.73 Å². The molecule has 0 amide bonds. The Bertz CT molecular complexity index is 571. The van der Waals surface area contributed by atoms with Crippen molar-refractivity contribution in [2.45, 2.75) is 52.7 Å². The van der Waals surface area contributed by atoms with E-state index in [0.717, 1.165) is 37.4 Å². The van der Waals surface area contributed by atoms with Gasteiger partial charge in [0, 0.05) is 12.6 Å². The maximum atomic E-state index is 6.20. The van der Waals surface area contributed by atoms with Crippen LogP contribution in [0, 0.1) is 0 Å². The second-order valence-corrected chi connectivity index (χ2v) is 5.63. The number of fused-ring (bicyclic) bond motifs is 1. The van der Waals surface area contributed by atoms with Crippen LogP contribution in [0.1, 0.15) is 46.0 Å². The van der Waals surface area contributed by atoms with Gasteiger partial charge < -0.3 is 10.3 Å². The molecule has 0 aliphatic rings. The number of aromatic nitrogens is 2. The minimum atomic E-state index is 0.172. The molecule has 0 saturated carbocycles. The largest absolute Gasteiger partial charge is 0.326 e. The van der Waals surface area contributed by atoms with Crippen LogP contribution in [0.5, 0.6) is 0 Å². The molecule has 2 atom stereocenters. The summed E-state index contributed by atoms with van der Waals surface area (Å²) < 4.78 is 2.31. The first kappa shape index (κ1) is 16.0. The monoisotopic (exact) mass is 288 g/mol. The molecule has 2 aromatic rings. The SMILES string of the molecule is CCC(N)Cn1c(C(C)N(CC)CC)nc2ccccc21. The van der Waals surface area contributed by atoms with Crippen LogP contribution in [0.15, 0.2) is 24.3 Å². The molecule has 4 nitrogen and oxygen atoms in total. The Morgan fingerprint density at radius 1 is 1.19 bits per heavy atom. The summed E-state index contributed by atoms with van der Waals surface area (Å²) in [7, 11) is 0. The molecule has 1 heterocycles. The molecule has 1 aromatic carbocycles. The van der Waals surface area contributed by atoms with E-state index in [1.54, 1.807) is 0 Å². The fourth-order valence-corrected chi connectivity index (χ4v) is 2.90. The van der Waals surface area contributed by atoms with Gasteiger partial charge in [-0.05, 0) is 38.6 Å². The summed E-state index contributed by atoms with van der Waals surface area (Å²) in [5.41, 5.74) is 8.46. The van der Waals surface area contributed by atoms with E-state index in [0.29, 0.717) is 6.04 Å². The van der Waals surface area contributed by atoms with Gasteiger partial charge in [-0.3, -0.25) is 4.90 Å². The molecule has 2 N–H and O–H groups in total. The second kappa shape index (κ2) is 7.05. The van der Waals surface area contributed by atoms with Gasteiger partial charge in [0.2, 0.25) is 0 Å². The molecule has 2 rings (SSSR count). The number of rotatable bonds is 7. The van der Waals surface area contributed by atoms with Crippen LogP contribution >= 0.6 is 0 Å². The highest BCUT2D eigenvalue weighted by Crippen LogP contribution is 2.25. The predicted octanol–water partition coefficient (Wildman–Crippen LogP) is 3.18. The van der Waals surface area contributed by atoms with Crippen LogP contribution in [-0.2, 0) is 6.54 Å². The van der Waals surface area contributed by atoms with Gasteiger partial charge in [0.05, 0.1) is 17.1 Å². The highest BCUT2D eigenvalue weighted by molar-refractivity contribution is 5.76. The molecule has 116 valence electrons. The number of para-hydroxylation sites is 2. The summed E-state index contributed by atoms with van der Waals surface area (Å²) in [6.45, 7) is 11.7. The van der Waals surface area contributed by atoms with Crippen LogP contribution in [0.4, 0.5) is 0 Å². The van der Waals surface area contributed by atoms with Crippen molar-refractivity contribution >= 4 is 11.0 Å². The van der Waals surface area contributed by atoms with Gasteiger partial charge in [0.25, 0.3) is 0 Å². The van der Waals surface area contributed by atoms with E-state index in [1.165, 1.54) is 5.52 Å². The zero-order valence-electron chi connectivity index (χ0n) is 13.7. The number of hydrogen-bond acceptors (Lipinski definition) is 3. The van der Waals surface area contributed by atoms with E-state index >= 15 is 0 Å². The fourth-order valence-electron chi connectivity index (χ4n) is 2.90. The molecule has 21 heavy (non-hydrogen) atoms. The minimum absolute atomic E-state index is 0.172. The zero-order valence-corrected chi connectivity index (χ0v) is 13.7. The van der Waals surface area contributed by atoms with Crippen molar-refractivity contribution in [1.82, 2.24) is 14.5 Å². The summed E-state index contributed by atoms with van der Waals surface area (Å²) in [5.74, 6) is 1.13. The smallest absolute Gasteiger partial charge is 0.127 e. The third kappa shape index (κ3) is 3.27. The molecule has 0 spiro atoms. The maximum absolute atomic E-state index is 6.20. The van der Waals surface area contributed by atoms with Crippen LogP contribution in [0.2, 0.25) is 0 Å². The first-order valence-corrected chi connectivity index (χ1v) is 8.07. The average molecular weight is 288 g/mol. The van der Waals surface area contributed by atoms with E-state index in [1.807, 2.05) is 6.07 Å². The normalized spacial score (nSPS) is 14.8. The second-order valence-electron chi connectivity index (χ2n) is 5.63. The highest BCUT2D eigenvalue weighted by Gasteiger charge is 2.21. The van der Waals surface area contributed by atoms with Gasteiger partial charge in [0.15, 0.2) is 0 Å². The van der Waals surface area contributed by atoms with Gasteiger partial charge in [-0.15, -0.1) is 0 Å². The third-order valence-electron chi connectivity index (χ3n) is 4.36. The standard InChI is InChI=1S/C17H28N4/c1-5-14(18)12-21-16-11-9-8-10-15(16)19-17(21)13(4)20(6-2)7-3/h8-11,13-14H,5-7,12,18H2,1-4H3. The molecule has 0 radical (unpaired) electrons. The lowest BCUT2D eigenvalue weighted by molar-refractivity contribution is 0.221. The molecule has 0 aliphatic heterocycles. The zero-order chi connectivity index (χ0) is 15.4. The number of nitrogens with zero attached hydrogens (tertiary/aromatic N) is 3. The number of imidazole rings is 1. The Morgan fingerprint density at radius 3 is 2.48 bits per heavy atom. The van der Waals surface area contributed by atoms with E-state index < -0.39 is 0 Å². The van der Waals surface area contributed by atoms with Gasteiger partial charge in [-0.2, -0.15) is 0 Å². The van der Waals surface area contributed by atoms with Crippen LogP contribution in [0.25, 0.3) is 11.0 Å². The Balaban J connectivity index is 2.48. The third-order valence-corrected chi connectivity index (χ3v) is 4.36. The quantitative estimate of drug-likeness (QED) is 0.851. The first-order chi connectivity index (χ1) is 10.1. The van der Waals surface area contributed by atoms with Crippen molar-refractivity contribution in [2.75, 3.05) is 13.1 Å². The van der Waals surface area contributed by atoms with Gasteiger partial charge >= 0.3 is 0 Å². The van der Waals surface area contributed by atoms with Crippen molar-refractivity contribution in [1.29, 1.82) is 0 Å². The Labute approximate surface area is 128 Å². The molecular weight excluding hydrogens is 260 g/mol. The maximum Gasteiger partial charge on any atom is 0.127 e. The number of benzene rings is 1. The molecule has 4 heteroatoms. The number of hydrogen-bond donors (Lipinski definition) is 1. The first-order valence-electron chi connectivity index (χ1n) is 8.07. The molecule has 0 fully saturated rings. The Kier molecular flexibility index (Phi) is 5.37. The van der Waals surface area contributed by atoms with Gasteiger partial charge in [-0.1, -0.05) is 32.9 Å². The summed E-state index contributed by atoms with van der Waals surface area (Å²) >= 11 is 0. The molecule has 1 aromatic heterocycles. The molecule has 2 unspecified atom stereocenters. The Morgan fingerprint density at radius 2 is 1.86 bits per heavy atom. The van der Waals surface area contributed by atoms with E-state index in [9.17, 15) is 0 Å². The summed E-state index contributed by atoms with van der Waals surface area (Å²) in [6, 6.07) is 8.82. The van der Waals surface area contributed by atoms with Crippen molar-refractivity contribution in [3.05, 3.63) is 30.1 Å². The summed E-state index contributed by atoms with van der Waals surface area (Å²) in [4.78, 5) is 7.31. The van der Waals surface area contributed by atoms with Gasteiger partial charge in [-0.25, -0.2) is 4.98 Å². The van der Waals surface area contributed by atoms with Crippen molar-refractivity contribution in [3.63, 3.8) is 0 Å². The van der Waals surface area contributed by atoms with E-state index in [4.69, 9.17) is 10.7 Å². The fraction of sp³-hybridized carbons (Fsp3) is 0.588. The average Bonchev–Trinajstić information content (AvgIpc) is 2.87. The van der Waals surface area contributed by atoms with Crippen molar-refractivity contribution in [3.8, 4) is 0 Å². The van der Waals surface area contributed by atoms with Crippen molar-refractivity contribution < 1.29 is 0 Å². The van der Waals surface area contributed by atoms with Gasteiger partial charge in [0.1, 0.15) is 5.82 Å².